The van der Waals surface area contributed by atoms with E-state index >= 15 is 0 Å². The summed E-state index contributed by atoms with van der Waals surface area (Å²) < 4.78 is 25.5. The van der Waals surface area contributed by atoms with Gasteiger partial charge in [0.25, 0.3) is 0 Å². The van der Waals surface area contributed by atoms with Crippen LogP contribution in [0.25, 0.3) is 0 Å². The zero-order valence-electron chi connectivity index (χ0n) is 10.3. The van der Waals surface area contributed by atoms with Crippen molar-refractivity contribution in [1.29, 1.82) is 0 Å². The monoisotopic (exact) mass is 290 g/mol. The average molecular weight is 291 g/mol. The van der Waals surface area contributed by atoms with Gasteiger partial charge in [0, 0.05) is 5.69 Å². The summed E-state index contributed by atoms with van der Waals surface area (Å²) in [7, 11) is -2.20. The predicted molar refractivity (Wildman–Crippen MR) is 71.4 cm³/mol. The summed E-state index contributed by atoms with van der Waals surface area (Å²) in [6.45, 7) is 3.31. The third kappa shape index (κ3) is 3.44. The Hall–Kier alpha value is -1.11. The maximum atomic E-state index is 11.6. The van der Waals surface area contributed by atoms with E-state index in [1.165, 1.54) is 19.2 Å². The minimum atomic E-state index is -3.53. The number of anilines is 1. The summed E-state index contributed by atoms with van der Waals surface area (Å²) in [5, 5.41) is 1.90. The first-order valence-corrected chi connectivity index (χ1v) is 7.19. The van der Waals surface area contributed by atoms with E-state index in [1.807, 2.05) is 0 Å². The van der Waals surface area contributed by atoms with E-state index in [1.54, 1.807) is 19.9 Å². The summed E-state index contributed by atoms with van der Waals surface area (Å²) in [5.74, 6) is -0.376. The van der Waals surface area contributed by atoms with Crippen molar-refractivity contribution >= 4 is 33.2 Å². The number of aryl methyl sites for hydroxylation is 1. The second-order valence-corrected chi connectivity index (χ2v) is 6.33. The summed E-state index contributed by atoms with van der Waals surface area (Å²) >= 11 is 5.64. The van der Waals surface area contributed by atoms with E-state index in [4.69, 9.17) is 11.6 Å². The Labute approximate surface area is 112 Å². The fourth-order valence-electron chi connectivity index (χ4n) is 1.25. The Morgan fingerprint density at radius 1 is 1.39 bits per heavy atom. The van der Waals surface area contributed by atoms with E-state index < -0.39 is 15.4 Å². The first-order valence-electron chi connectivity index (χ1n) is 5.27. The average Bonchev–Trinajstić information content (AvgIpc) is 2.31. The van der Waals surface area contributed by atoms with Crippen LogP contribution in [0.1, 0.15) is 12.5 Å². The van der Waals surface area contributed by atoms with Gasteiger partial charge in [-0.2, -0.15) is 0 Å². The van der Waals surface area contributed by atoms with Crippen molar-refractivity contribution in [3.05, 3.63) is 23.8 Å². The van der Waals surface area contributed by atoms with Gasteiger partial charge in [0.1, 0.15) is 5.38 Å². The number of alkyl halides is 1. The lowest BCUT2D eigenvalue weighted by Gasteiger charge is -2.11. The Morgan fingerprint density at radius 3 is 2.50 bits per heavy atom. The zero-order chi connectivity index (χ0) is 13.9. The zero-order valence-corrected chi connectivity index (χ0v) is 11.9. The molecule has 100 valence electrons. The number of benzene rings is 1. The van der Waals surface area contributed by atoms with Crippen LogP contribution in [0.4, 0.5) is 5.69 Å². The Balaban J connectivity index is 3.14. The number of carbonyl (C=O) groups is 1. The highest BCUT2D eigenvalue weighted by molar-refractivity contribution is 7.89. The normalized spacial score (nSPS) is 13.1. The number of rotatable bonds is 4. The molecule has 5 nitrogen and oxygen atoms in total. The molecule has 1 aromatic rings. The highest BCUT2D eigenvalue weighted by Crippen LogP contribution is 2.20. The largest absolute Gasteiger partial charge is 0.325 e. The molecular formula is C11H15ClN2O3S. The maximum Gasteiger partial charge on any atom is 0.242 e. The van der Waals surface area contributed by atoms with Crippen LogP contribution in [0.2, 0.25) is 0 Å². The molecule has 0 aliphatic heterocycles. The molecule has 0 fully saturated rings. The predicted octanol–water partition coefficient (Wildman–Crippen LogP) is 1.47. The van der Waals surface area contributed by atoms with Crippen LogP contribution in [0.15, 0.2) is 23.1 Å². The van der Waals surface area contributed by atoms with Crippen molar-refractivity contribution in [2.24, 2.45) is 0 Å². The molecule has 0 aliphatic carbocycles. The van der Waals surface area contributed by atoms with Crippen LogP contribution in [0.3, 0.4) is 0 Å². The van der Waals surface area contributed by atoms with Crippen LogP contribution in [0, 0.1) is 6.92 Å². The molecule has 1 atom stereocenters. The van der Waals surface area contributed by atoms with Crippen LogP contribution in [-0.4, -0.2) is 26.7 Å². The van der Waals surface area contributed by atoms with Gasteiger partial charge in [0.05, 0.1) is 4.90 Å². The first kappa shape index (κ1) is 14.9. The SMILES string of the molecule is CNS(=O)(=O)c1ccc(C)c(NC(=O)C(C)Cl)c1. The molecule has 18 heavy (non-hydrogen) atoms. The van der Waals surface area contributed by atoms with Gasteiger partial charge in [-0.15, -0.1) is 11.6 Å². The van der Waals surface area contributed by atoms with Crippen molar-refractivity contribution in [3.63, 3.8) is 0 Å². The molecule has 0 saturated heterocycles. The molecule has 0 saturated carbocycles. The van der Waals surface area contributed by atoms with Gasteiger partial charge in [-0.25, -0.2) is 13.1 Å². The van der Waals surface area contributed by atoms with Gasteiger partial charge in [0.2, 0.25) is 15.9 Å². The Kier molecular flexibility index (Phi) is 4.72. The lowest BCUT2D eigenvalue weighted by molar-refractivity contribution is -0.115. The quantitative estimate of drug-likeness (QED) is 0.825. The molecule has 2 N–H and O–H groups in total. The summed E-state index contributed by atoms with van der Waals surface area (Å²) in [6.07, 6.45) is 0. The number of hydrogen-bond acceptors (Lipinski definition) is 3. The Morgan fingerprint density at radius 2 is 2.00 bits per heavy atom. The number of halogens is 1. The lowest BCUT2D eigenvalue weighted by atomic mass is 10.2. The molecule has 1 aromatic carbocycles. The van der Waals surface area contributed by atoms with E-state index in [2.05, 4.69) is 10.0 Å². The molecule has 1 unspecified atom stereocenters. The highest BCUT2D eigenvalue weighted by Gasteiger charge is 2.15. The van der Waals surface area contributed by atoms with E-state index in [0.29, 0.717) is 5.69 Å². The van der Waals surface area contributed by atoms with Gasteiger partial charge in [0.15, 0.2) is 0 Å². The van der Waals surface area contributed by atoms with Crippen molar-refractivity contribution in [2.75, 3.05) is 12.4 Å². The number of carbonyl (C=O) groups excluding carboxylic acids is 1. The number of sulfonamides is 1. The molecule has 1 rings (SSSR count). The lowest BCUT2D eigenvalue weighted by Crippen LogP contribution is -2.22. The van der Waals surface area contributed by atoms with Gasteiger partial charge in [-0.1, -0.05) is 6.07 Å². The van der Waals surface area contributed by atoms with Crippen molar-refractivity contribution in [2.45, 2.75) is 24.1 Å². The number of hydrogen-bond donors (Lipinski definition) is 2. The topological polar surface area (TPSA) is 75.3 Å². The second kappa shape index (κ2) is 5.69. The fraction of sp³-hybridized carbons (Fsp3) is 0.364. The third-order valence-electron chi connectivity index (χ3n) is 2.41. The summed E-state index contributed by atoms with van der Waals surface area (Å²) in [6, 6.07) is 4.50. The summed E-state index contributed by atoms with van der Waals surface area (Å²) in [5.41, 5.74) is 1.19. The van der Waals surface area contributed by atoms with Gasteiger partial charge in [-0.05, 0) is 38.6 Å². The molecular weight excluding hydrogens is 276 g/mol. The van der Waals surface area contributed by atoms with Crippen molar-refractivity contribution in [3.8, 4) is 0 Å². The first-order chi connectivity index (χ1) is 8.27. The fourth-order valence-corrected chi connectivity index (χ4v) is 2.06. The van der Waals surface area contributed by atoms with Crippen LogP contribution >= 0.6 is 11.6 Å². The van der Waals surface area contributed by atoms with Crippen molar-refractivity contribution in [1.82, 2.24) is 4.72 Å². The standard InChI is InChI=1S/C11H15ClN2O3S/c1-7-4-5-9(18(16,17)13-3)6-10(7)14-11(15)8(2)12/h4-6,8,13H,1-3H3,(H,14,15). The van der Waals surface area contributed by atoms with Crippen LogP contribution < -0.4 is 10.0 Å². The molecule has 1 amide bonds. The van der Waals surface area contributed by atoms with Gasteiger partial charge in [-0.3, -0.25) is 4.79 Å². The van der Waals surface area contributed by atoms with E-state index in [9.17, 15) is 13.2 Å². The molecule has 0 bridgehead atoms. The molecule has 0 heterocycles. The van der Waals surface area contributed by atoms with Gasteiger partial charge >= 0.3 is 0 Å². The molecule has 0 spiro atoms. The molecule has 0 aromatic heterocycles. The third-order valence-corrected chi connectivity index (χ3v) is 4.02. The van der Waals surface area contributed by atoms with Crippen LogP contribution in [0.5, 0.6) is 0 Å². The van der Waals surface area contributed by atoms with Gasteiger partial charge < -0.3 is 5.32 Å². The van der Waals surface area contributed by atoms with Crippen molar-refractivity contribution < 1.29 is 13.2 Å². The maximum absolute atomic E-state index is 11.6. The number of nitrogens with one attached hydrogen (secondary N) is 2. The Bertz CT molecular complexity index is 555. The van der Waals surface area contributed by atoms with E-state index in [0.717, 1.165) is 5.56 Å². The molecule has 0 radical (unpaired) electrons. The minimum Gasteiger partial charge on any atom is -0.325 e. The second-order valence-electron chi connectivity index (χ2n) is 3.79. The minimum absolute atomic E-state index is 0.0909. The summed E-state index contributed by atoms with van der Waals surface area (Å²) in [4.78, 5) is 11.6. The molecule has 7 heteroatoms. The number of amides is 1. The smallest absolute Gasteiger partial charge is 0.242 e. The van der Waals surface area contributed by atoms with E-state index in [-0.39, 0.29) is 10.8 Å². The highest BCUT2D eigenvalue weighted by atomic mass is 35.5. The van der Waals surface area contributed by atoms with Crippen LogP contribution in [-0.2, 0) is 14.8 Å². The molecule has 0 aliphatic rings.